The number of amides is 2. The molecule has 31 heavy (non-hydrogen) atoms. The van der Waals surface area contributed by atoms with Gasteiger partial charge in [-0.05, 0) is 51.0 Å². The Morgan fingerprint density at radius 3 is 2.48 bits per heavy atom. The van der Waals surface area contributed by atoms with Crippen molar-refractivity contribution in [1.82, 2.24) is 19.7 Å². The molecule has 1 fully saturated rings. The van der Waals surface area contributed by atoms with Gasteiger partial charge in [-0.25, -0.2) is 0 Å². The summed E-state index contributed by atoms with van der Waals surface area (Å²) < 4.78 is 7.13. The van der Waals surface area contributed by atoms with Crippen LogP contribution in [0.3, 0.4) is 0 Å². The Morgan fingerprint density at radius 2 is 1.81 bits per heavy atom. The lowest BCUT2D eigenvalue weighted by Crippen LogP contribution is -2.51. The monoisotopic (exact) mass is 426 g/mol. The van der Waals surface area contributed by atoms with E-state index in [2.05, 4.69) is 39.9 Å². The van der Waals surface area contributed by atoms with Crippen LogP contribution in [0.5, 0.6) is 0 Å². The predicted molar refractivity (Wildman–Crippen MR) is 122 cm³/mol. The third-order valence-corrected chi connectivity index (χ3v) is 5.80. The molecule has 0 unspecified atom stereocenters. The van der Waals surface area contributed by atoms with E-state index < -0.39 is 0 Å². The van der Waals surface area contributed by atoms with Crippen LogP contribution in [0.15, 0.2) is 30.3 Å². The zero-order valence-electron chi connectivity index (χ0n) is 19.1. The normalized spacial score (nSPS) is 14.6. The number of piperazine rings is 1. The molecule has 0 spiro atoms. The summed E-state index contributed by atoms with van der Waals surface area (Å²) in [6.45, 7) is 10.4. The molecule has 1 aromatic heterocycles. The third kappa shape index (κ3) is 5.74. The van der Waals surface area contributed by atoms with E-state index >= 15 is 0 Å². The summed E-state index contributed by atoms with van der Waals surface area (Å²) in [6.07, 6.45) is 0.811. The van der Waals surface area contributed by atoms with Gasteiger partial charge in [0.2, 0.25) is 5.91 Å². The zero-order valence-corrected chi connectivity index (χ0v) is 19.1. The van der Waals surface area contributed by atoms with E-state index in [1.165, 1.54) is 5.56 Å². The van der Waals surface area contributed by atoms with Gasteiger partial charge in [-0.2, -0.15) is 0 Å². The Bertz CT molecular complexity index is 914. The molecule has 7 nitrogen and oxygen atoms in total. The van der Waals surface area contributed by atoms with Crippen molar-refractivity contribution in [2.45, 2.75) is 27.2 Å². The van der Waals surface area contributed by atoms with E-state index in [1.807, 2.05) is 30.9 Å². The highest BCUT2D eigenvalue weighted by atomic mass is 16.5. The maximum Gasteiger partial charge on any atom is 0.255 e. The molecule has 168 valence electrons. The average Bonchev–Trinajstić information content (AvgIpc) is 3.05. The van der Waals surface area contributed by atoms with Crippen molar-refractivity contribution >= 4 is 11.8 Å². The molecule has 0 bridgehead atoms. The van der Waals surface area contributed by atoms with Crippen LogP contribution in [0.4, 0.5) is 0 Å². The molecule has 2 aromatic rings. The molecule has 2 heterocycles. The van der Waals surface area contributed by atoms with Crippen LogP contribution in [0.25, 0.3) is 5.69 Å². The summed E-state index contributed by atoms with van der Waals surface area (Å²) in [7, 11) is 1.66. The van der Waals surface area contributed by atoms with Crippen LogP contribution in [-0.4, -0.2) is 79.2 Å². The smallest absolute Gasteiger partial charge is 0.255 e. The standard InChI is InChI=1S/C24H34N4O3/c1-18-7-5-8-21(15-18)28-19(2)16-22(20(28)3)24(30)27-12-10-26(11-13-27)17-23(29)25-9-6-14-31-4/h5,7-8,15-16H,6,9-14,17H2,1-4H3,(H,25,29). The predicted octanol–water partition coefficient (Wildman–Crippen LogP) is 2.31. The van der Waals surface area contributed by atoms with Crippen molar-refractivity contribution in [1.29, 1.82) is 0 Å². The second kappa shape index (κ2) is 10.6. The number of carbonyl (C=O) groups excluding carboxylic acids is 2. The number of hydrogen-bond donors (Lipinski definition) is 1. The third-order valence-electron chi connectivity index (χ3n) is 5.80. The fraction of sp³-hybridized carbons (Fsp3) is 0.500. The summed E-state index contributed by atoms with van der Waals surface area (Å²) >= 11 is 0. The van der Waals surface area contributed by atoms with E-state index in [1.54, 1.807) is 7.11 Å². The Kier molecular flexibility index (Phi) is 7.87. The minimum Gasteiger partial charge on any atom is -0.385 e. The van der Waals surface area contributed by atoms with Gasteiger partial charge in [-0.3, -0.25) is 14.5 Å². The van der Waals surface area contributed by atoms with Gasteiger partial charge < -0.3 is 19.5 Å². The number of aryl methyl sites for hydroxylation is 2. The van der Waals surface area contributed by atoms with Crippen LogP contribution >= 0.6 is 0 Å². The van der Waals surface area contributed by atoms with Gasteiger partial charge in [0.1, 0.15) is 0 Å². The number of aromatic nitrogens is 1. The van der Waals surface area contributed by atoms with Crippen LogP contribution < -0.4 is 5.32 Å². The Labute approximate surface area is 185 Å². The Balaban J connectivity index is 1.58. The van der Waals surface area contributed by atoms with E-state index in [0.29, 0.717) is 45.9 Å². The van der Waals surface area contributed by atoms with E-state index in [0.717, 1.165) is 29.1 Å². The fourth-order valence-corrected chi connectivity index (χ4v) is 4.13. The first kappa shape index (κ1) is 23.0. The molecule has 0 atom stereocenters. The first-order valence-corrected chi connectivity index (χ1v) is 10.9. The number of rotatable bonds is 8. The first-order chi connectivity index (χ1) is 14.9. The van der Waals surface area contributed by atoms with Gasteiger partial charge in [0.25, 0.3) is 5.91 Å². The molecule has 0 radical (unpaired) electrons. The molecule has 2 amide bonds. The largest absolute Gasteiger partial charge is 0.385 e. The number of ether oxygens (including phenoxy) is 1. The number of nitrogens with one attached hydrogen (secondary N) is 1. The quantitative estimate of drug-likeness (QED) is 0.658. The van der Waals surface area contributed by atoms with Crippen molar-refractivity contribution in [3.05, 3.63) is 52.8 Å². The second-order valence-corrected chi connectivity index (χ2v) is 8.22. The molecule has 1 N–H and O–H groups in total. The summed E-state index contributed by atoms with van der Waals surface area (Å²) in [4.78, 5) is 29.3. The van der Waals surface area contributed by atoms with Gasteiger partial charge in [-0.1, -0.05) is 12.1 Å². The average molecular weight is 427 g/mol. The highest BCUT2D eigenvalue weighted by molar-refractivity contribution is 5.96. The van der Waals surface area contributed by atoms with Crippen LogP contribution in [0.1, 0.15) is 33.7 Å². The molecular formula is C24H34N4O3. The van der Waals surface area contributed by atoms with E-state index in [-0.39, 0.29) is 11.8 Å². The molecule has 7 heteroatoms. The second-order valence-electron chi connectivity index (χ2n) is 8.22. The van der Waals surface area contributed by atoms with Crippen molar-refractivity contribution in [3.8, 4) is 5.69 Å². The number of nitrogens with zero attached hydrogens (tertiary/aromatic N) is 3. The number of carbonyl (C=O) groups is 2. The summed E-state index contributed by atoms with van der Waals surface area (Å²) in [5, 5.41) is 2.92. The van der Waals surface area contributed by atoms with E-state index in [9.17, 15) is 9.59 Å². The van der Waals surface area contributed by atoms with Gasteiger partial charge in [0.05, 0.1) is 12.1 Å². The molecule has 1 saturated heterocycles. The minimum atomic E-state index is 0.0255. The highest BCUT2D eigenvalue weighted by Gasteiger charge is 2.26. The summed E-state index contributed by atoms with van der Waals surface area (Å²) in [5.74, 6) is 0.0910. The van der Waals surface area contributed by atoms with Crippen LogP contribution in [-0.2, 0) is 9.53 Å². The number of hydrogen-bond acceptors (Lipinski definition) is 4. The molecule has 1 aliphatic heterocycles. The van der Waals surface area contributed by atoms with Gasteiger partial charge in [0, 0.05) is 63.5 Å². The lowest BCUT2D eigenvalue weighted by Gasteiger charge is -2.34. The molecule has 1 aromatic carbocycles. The summed E-state index contributed by atoms with van der Waals surface area (Å²) in [6, 6.07) is 10.3. The molecular weight excluding hydrogens is 392 g/mol. The molecule has 3 rings (SSSR count). The fourth-order valence-electron chi connectivity index (χ4n) is 4.13. The molecule has 0 aliphatic carbocycles. The van der Waals surface area contributed by atoms with E-state index in [4.69, 9.17) is 4.74 Å². The SMILES string of the molecule is COCCCNC(=O)CN1CCN(C(=O)c2cc(C)n(-c3cccc(C)c3)c2C)CC1. The topological polar surface area (TPSA) is 66.8 Å². The Morgan fingerprint density at radius 1 is 1.06 bits per heavy atom. The Hall–Kier alpha value is -2.64. The number of benzene rings is 1. The minimum absolute atomic E-state index is 0.0255. The zero-order chi connectivity index (χ0) is 22.4. The maximum atomic E-state index is 13.2. The first-order valence-electron chi connectivity index (χ1n) is 10.9. The van der Waals surface area contributed by atoms with Crippen molar-refractivity contribution in [2.24, 2.45) is 0 Å². The summed E-state index contributed by atoms with van der Waals surface area (Å²) in [5.41, 5.74) is 5.04. The van der Waals surface area contributed by atoms with Gasteiger partial charge in [-0.15, -0.1) is 0 Å². The van der Waals surface area contributed by atoms with Crippen molar-refractivity contribution in [3.63, 3.8) is 0 Å². The molecule has 1 aliphatic rings. The van der Waals surface area contributed by atoms with Gasteiger partial charge in [0.15, 0.2) is 0 Å². The number of methoxy groups -OCH3 is 1. The van der Waals surface area contributed by atoms with Crippen molar-refractivity contribution < 1.29 is 14.3 Å². The van der Waals surface area contributed by atoms with Crippen LogP contribution in [0.2, 0.25) is 0 Å². The lowest BCUT2D eigenvalue weighted by atomic mass is 10.2. The van der Waals surface area contributed by atoms with Gasteiger partial charge >= 0.3 is 0 Å². The molecule has 0 saturated carbocycles. The van der Waals surface area contributed by atoms with Crippen LogP contribution in [0, 0.1) is 20.8 Å². The maximum absolute atomic E-state index is 13.2. The van der Waals surface area contributed by atoms with Crippen molar-refractivity contribution in [2.75, 3.05) is 53.0 Å². The highest BCUT2D eigenvalue weighted by Crippen LogP contribution is 2.23. The lowest BCUT2D eigenvalue weighted by molar-refractivity contribution is -0.122.